The first-order chi connectivity index (χ1) is 13.1. The Bertz CT molecular complexity index is 757. The molecule has 29 heavy (non-hydrogen) atoms. The third-order valence-corrected chi connectivity index (χ3v) is 5.37. The Kier molecular flexibility index (Phi) is 6.62. The van der Waals surface area contributed by atoms with Crippen molar-refractivity contribution in [3.63, 3.8) is 0 Å². The zero-order valence-corrected chi connectivity index (χ0v) is 20.6. The predicted molar refractivity (Wildman–Crippen MR) is 131 cm³/mol. The van der Waals surface area contributed by atoms with Crippen molar-refractivity contribution in [2.75, 3.05) is 4.90 Å². The highest BCUT2D eigenvalue weighted by Gasteiger charge is 2.42. The van der Waals surface area contributed by atoms with Crippen LogP contribution in [-0.4, -0.2) is 11.1 Å². The molecule has 0 N–H and O–H groups in total. The smallest absolute Gasteiger partial charge is 0.0454 e. The van der Waals surface area contributed by atoms with Crippen LogP contribution < -0.4 is 4.90 Å². The van der Waals surface area contributed by atoms with Crippen molar-refractivity contribution in [2.24, 2.45) is 10.8 Å². The normalized spacial score (nSPS) is 13.4. The van der Waals surface area contributed by atoms with Crippen molar-refractivity contribution < 1.29 is 0 Å². The average molecular weight is 394 g/mol. The number of benzene rings is 2. The summed E-state index contributed by atoms with van der Waals surface area (Å²) in [6.45, 7) is 23.8. The maximum Gasteiger partial charge on any atom is 0.0454 e. The molecular weight excluding hydrogens is 350 g/mol. The lowest BCUT2D eigenvalue weighted by atomic mass is 9.74. The Morgan fingerprint density at radius 2 is 0.966 bits per heavy atom. The average Bonchev–Trinajstić information content (AvgIpc) is 2.51. The summed E-state index contributed by atoms with van der Waals surface area (Å²) >= 11 is 0. The van der Waals surface area contributed by atoms with Crippen molar-refractivity contribution in [3.05, 3.63) is 54.6 Å². The summed E-state index contributed by atoms with van der Waals surface area (Å²) in [6.07, 6.45) is 2.24. The molecule has 1 nitrogen and oxygen atoms in total. The maximum atomic E-state index is 2.72. The van der Waals surface area contributed by atoms with E-state index < -0.39 is 0 Å². The summed E-state index contributed by atoms with van der Waals surface area (Å²) in [5.74, 6) is 0. The number of para-hydroxylation sites is 1. The second-order valence-corrected chi connectivity index (χ2v) is 12.3. The van der Waals surface area contributed by atoms with Gasteiger partial charge in [0.2, 0.25) is 0 Å². The minimum Gasteiger partial charge on any atom is -0.361 e. The van der Waals surface area contributed by atoms with E-state index in [-0.39, 0.29) is 21.9 Å². The number of hydrogen-bond acceptors (Lipinski definition) is 1. The van der Waals surface area contributed by atoms with Crippen LogP contribution in [0.25, 0.3) is 11.1 Å². The highest BCUT2D eigenvalue weighted by atomic mass is 15.3. The van der Waals surface area contributed by atoms with Crippen molar-refractivity contribution in [2.45, 2.75) is 93.2 Å². The molecule has 0 atom stereocenters. The van der Waals surface area contributed by atoms with Crippen LogP contribution in [0.15, 0.2) is 54.6 Å². The molecule has 0 unspecified atom stereocenters. The molecule has 0 aliphatic rings. The fourth-order valence-corrected chi connectivity index (χ4v) is 5.76. The molecule has 0 bridgehead atoms. The van der Waals surface area contributed by atoms with Crippen LogP contribution in [0.2, 0.25) is 0 Å². The molecule has 0 heterocycles. The molecule has 0 aliphatic heterocycles. The molecule has 1 heteroatoms. The van der Waals surface area contributed by atoms with E-state index >= 15 is 0 Å². The molecule has 2 rings (SSSR count). The van der Waals surface area contributed by atoms with Crippen LogP contribution >= 0.6 is 0 Å². The molecule has 2 aromatic rings. The molecular formula is C28H43N. The Labute approximate surface area is 180 Å². The van der Waals surface area contributed by atoms with Crippen LogP contribution in [0.4, 0.5) is 5.69 Å². The van der Waals surface area contributed by atoms with Crippen LogP contribution in [0, 0.1) is 10.8 Å². The van der Waals surface area contributed by atoms with Crippen molar-refractivity contribution in [3.8, 4) is 11.1 Å². The van der Waals surface area contributed by atoms with Crippen molar-refractivity contribution in [1.82, 2.24) is 0 Å². The summed E-state index contributed by atoms with van der Waals surface area (Å²) in [4.78, 5) is 2.72. The minimum atomic E-state index is 0.0118. The van der Waals surface area contributed by atoms with E-state index in [1.807, 2.05) is 0 Å². The van der Waals surface area contributed by atoms with Crippen molar-refractivity contribution >= 4 is 5.69 Å². The highest BCUT2D eigenvalue weighted by Crippen LogP contribution is 2.45. The fourth-order valence-electron chi connectivity index (χ4n) is 5.76. The van der Waals surface area contributed by atoms with Gasteiger partial charge >= 0.3 is 0 Å². The van der Waals surface area contributed by atoms with E-state index in [0.717, 1.165) is 12.8 Å². The van der Waals surface area contributed by atoms with Crippen LogP contribution in [0.3, 0.4) is 0 Å². The molecule has 0 spiro atoms. The van der Waals surface area contributed by atoms with E-state index in [1.165, 1.54) is 16.8 Å². The summed E-state index contributed by atoms with van der Waals surface area (Å²) in [5, 5.41) is 0. The van der Waals surface area contributed by atoms with Gasteiger partial charge in [0.1, 0.15) is 0 Å². The SMILES string of the molecule is CC(C)(C)CC(C)(C)N(c1ccccc1-c1ccccc1)C(C)(C)CC(C)(C)C. The zero-order valence-electron chi connectivity index (χ0n) is 20.6. The zero-order chi connectivity index (χ0) is 22.1. The van der Waals surface area contributed by atoms with Gasteiger partial charge in [-0.1, -0.05) is 90.1 Å². The monoisotopic (exact) mass is 393 g/mol. The maximum absolute atomic E-state index is 2.72. The first-order valence-corrected chi connectivity index (χ1v) is 11.1. The van der Waals surface area contributed by atoms with Gasteiger partial charge in [-0.25, -0.2) is 0 Å². The van der Waals surface area contributed by atoms with E-state index in [4.69, 9.17) is 0 Å². The summed E-state index contributed by atoms with van der Waals surface area (Å²) in [6, 6.07) is 19.8. The molecule has 0 fully saturated rings. The second-order valence-electron chi connectivity index (χ2n) is 12.3. The lowest BCUT2D eigenvalue weighted by Crippen LogP contribution is -2.58. The first kappa shape index (κ1) is 23.5. The van der Waals surface area contributed by atoms with E-state index in [2.05, 4.69) is 129 Å². The Morgan fingerprint density at radius 3 is 1.41 bits per heavy atom. The highest BCUT2D eigenvalue weighted by molar-refractivity contribution is 5.79. The first-order valence-electron chi connectivity index (χ1n) is 11.1. The lowest BCUT2D eigenvalue weighted by molar-refractivity contribution is 0.199. The van der Waals surface area contributed by atoms with E-state index in [9.17, 15) is 0 Å². The summed E-state index contributed by atoms with van der Waals surface area (Å²) in [5.41, 5.74) is 4.46. The number of anilines is 1. The molecule has 0 amide bonds. The van der Waals surface area contributed by atoms with Gasteiger partial charge in [0.15, 0.2) is 0 Å². The Hall–Kier alpha value is -1.76. The molecule has 0 radical (unpaired) electrons. The standard InChI is InChI=1S/C28H43N/c1-25(2,3)20-27(7,8)29(28(9,10)21-26(4,5)6)24-19-15-14-18-23(24)22-16-12-11-13-17-22/h11-19H,20-21H2,1-10H3. The van der Waals surface area contributed by atoms with E-state index in [0.29, 0.717) is 0 Å². The summed E-state index contributed by atoms with van der Waals surface area (Å²) < 4.78 is 0. The quantitative estimate of drug-likeness (QED) is 0.475. The molecule has 0 aromatic heterocycles. The van der Waals surface area contributed by atoms with Gasteiger partial charge in [-0.05, 0) is 63.0 Å². The van der Waals surface area contributed by atoms with Gasteiger partial charge in [0.05, 0.1) is 0 Å². The number of nitrogens with zero attached hydrogens (tertiary/aromatic N) is 1. The third-order valence-electron chi connectivity index (χ3n) is 5.37. The van der Waals surface area contributed by atoms with Crippen LogP contribution in [-0.2, 0) is 0 Å². The Balaban J connectivity index is 2.70. The number of rotatable bonds is 6. The Morgan fingerprint density at radius 1 is 0.552 bits per heavy atom. The lowest BCUT2D eigenvalue weighted by Gasteiger charge is -2.54. The van der Waals surface area contributed by atoms with Gasteiger partial charge in [0, 0.05) is 22.3 Å². The molecule has 2 aromatic carbocycles. The minimum absolute atomic E-state index is 0.0118. The van der Waals surface area contributed by atoms with Gasteiger partial charge in [-0.15, -0.1) is 0 Å². The molecule has 0 saturated heterocycles. The summed E-state index contributed by atoms with van der Waals surface area (Å²) in [7, 11) is 0. The van der Waals surface area contributed by atoms with Crippen LogP contribution in [0.5, 0.6) is 0 Å². The molecule has 160 valence electrons. The van der Waals surface area contributed by atoms with Gasteiger partial charge in [-0.2, -0.15) is 0 Å². The van der Waals surface area contributed by atoms with E-state index in [1.54, 1.807) is 0 Å². The fraction of sp³-hybridized carbons (Fsp3) is 0.571. The molecule has 0 aliphatic carbocycles. The third kappa shape index (κ3) is 6.36. The van der Waals surface area contributed by atoms with Crippen LogP contribution in [0.1, 0.15) is 82.1 Å². The topological polar surface area (TPSA) is 3.24 Å². The number of hydrogen-bond donors (Lipinski definition) is 0. The second kappa shape index (κ2) is 8.17. The van der Waals surface area contributed by atoms with Crippen molar-refractivity contribution in [1.29, 1.82) is 0 Å². The van der Waals surface area contributed by atoms with Gasteiger partial charge in [0.25, 0.3) is 0 Å². The predicted octanol–water partition coefficient (Wildman–Crippen LogP) is 8.59. The largest absolute Gasteiger partial charge is 0.361 e. The van der Waals surface area contributed by atoms with Gasteiger partial charge < -0.3 is 4.90 Å². The van der Waals surface area contributed by atoms with Gasteiger partial charge in [-0.3, -0.25) is 0 Å². The molecule has 0 saturated carbocycles.